The zero-order valence-electron chi connectivity index (χ0n) is 25.1. The quantitative estimate of drug-likeness (QED) is 0.284. The first-order valence-corrected chi connectivity index (χ1v) is 15.2. The summed E-state index contributed by atoms with van der Waals surface area (Å²) in [5.74, 6) is 5.10. The second-order valence-electron chi connectivity index (χ2n) is 12.9. The summed E-state index contributed by atoms with van der Waals surface area (Å²) in [6.07, 6.45) is 17.1. The van der Waals surface area contributed by atoms with Crippen LogP contribution in [0.15, 0.2) is 0 Å². The van der Waals surface area contributed by atoms with Crippen LogP contribution in [-0.4, -0.2) is 24.9 Å². The Morgan fingerprint density at radius 3 is 2.15 bits per heavy atom. The van der Waals surface area contributed by atoms with Gasteiger partial charge in [0.15, 0.2) is 0 Å². The number of unbranched alkanes of at least 4 members (excludes halogenated alkanes) is 1. The lowest BCUT2D eigenvalue weighted by Gasteiger charge is -2.56. The van der Waals surface area contributed by atoms with Gasteiger partial charge in [0.1, 0.15) is 0 Å². The molecule has 2 saturated carbocycles. The van der Waals surface area contributed by atoms with Crippen LogP contribution in [0.3, 0.4) is 0 Å². The average Bonchev–Trinajstić information content (AvgIpc) is 3.15. The molecule has 0 amide bonds. The first-order chi connectivity index (χ1) is 16.1. The van der Waals surface area contributed by atoms with Crippen LogP contribution in [0.25, 0.3) is 0 Å². The lowest BCUT2D eigenvalue weighted by Crippen LogP contribution is -2.51. The molecule has 2 aliphatic carbocycles. The SMILES string of the molecule is CCCCC(C)(CC)C1CCC2(C)C(C(C)CCCC(C)C)CCC2C1C(CC)OC.CCO. The lowest BCUT2D eigenvalue weighted by atomic mass is 9.50. The van der Waals surface area contributed by atoms with Crippen molar-refractivity contribution in [3.8, 4) is 0 Å². The molecule has 0 aromatic rings. The number of rotatable bonds is 13. The van der Waals surface area contributed by atoms with Gasteiger partial charge in [0.05, 0.1) is 6.10 Å². The first-order valence-electron chi connectivity index (χ1n) is 15.2. The van der Waals surface area contributed by atoms with Gasteiger partial charge in [-0.05, 0) is 91.8 Å². The summed E-state index contributed by atoms with van der Waals surface area (Å²) in [6.45, 7) is 21.8. The van der Waals surface area contributed by atoms with Crippen LogP contribution in [0, 0.1) is 46.3 Å². The number of aliphatic hydroxyl groups excluding tert-OH is 1. The Labute approximate surface area is 215 Å². The minimum Gasteiger partial charge on any atom is -0.397 e. The molecule has 0 aromatic carbocycles. The van der Waals surface area contributed by atoms with Gasteiger partial charge in [-0.2, -0.15) is 0 Å². The summed E-state index contributed by atoms with van der Waals surface area (Å²) in [5, 5.41) is 7.57. The molecule has 1 N–H and O–H groups in total. The maximum atomic E-state index is 7.57. The molecule has 0 saturated heterocycles. The molecule has 0 bridgehead atoms. The highest BCUT2D eigenvalue weighted by Gasteiger charge is 2.58. The summed E-state index contributed by atoms with van der Waals surface area (Å²) in [5.41, 5.74) is 1.01. The second-order valence-corrected chi connectivity index (χ2v) is 12.9. The van der Waals surface area contributed by atoms with Gasteiger partial charge in [0.25, 0.3) is 0 Å². The largest absolute Gasteiger partial charge is 0.397 e. The predicted molar refractivity (Wildman–Crippen MR) is 150 cm³/mol. The Hall–Kier alpha value is -0.0800. The highest BCUT2D eigenvalue weighted by Crippen LogP contribution is 2.65. The molecule has 204 valence electrons. The van der Waals surface area contributed by atoms with Crippen LogP contribution >= 0.6 is 0 Å². The number of fused-ring (bicyclic) bond motifs is 1. The zero-order chi connectivity index (χ0) is 25.9. The normalized spacial score (nSPS) is 32.5. The fourth-order valence-electron chi connectivity index (χ4n) is 8.35. The van der Waals surface area contributed by atoms with E-state index in [4.69, 9.17) is 9.84 Å². The van der Waals surface area contributed by atoms with Crippen molar-refractivity contribution in [1.29, 1.82) is 0 Å². The van der Waals surface area contributed by atoms with E-state index in [-0.39, 0.29) is 6.61 Å². The van der Waals surface area contributed by atoms with E-state index in [1.165, 1.54) is 77.0 Å². The number of hydrogen-bond acceptors (Lipinski definition) is 2. The standard InChI is InChI=1S/C30H58O.C2H6O/c1-10-13-20-29(7,12-3)25-19-21-30(8)24(23(6)16-14-15-22(4)5)17-18-26(30)28(25)27(11-2)31-9;1-2-3/h22-28H,10-21H2,1-9H3;3H,2H2,1H3. The number of hydrogen-bond donors (Lipinski definition) is 1. The minimum atomic E-state index is 0.250. The monoisotopic (exact) mass is 480 g/mol. The predicted octanol–water partition coefficient (Wildman–Crippen LogP) is 9.54. The van der Waals surface area contributed by atoms with Gasteiger partial charge in [0, 0.05) is 13.7 Å². The van der Waals surface area contributed by atoms with Gasteiger partial charge in [0.2, 0.25) is 0 Å². The van der Waals surface area contributed by atoms with E-state index < -0.39 is 0 Å². The Balaban J connectivity index is 0.00000182. The fraction of sp³-hybridized carbons (Fsp3) is 1.00. The zero-order valence-corrected chi connectivity index (χ0v) is 25.1. The molecule has 2 rings (SSSR count). The van der Waals surface area contributed by atoms with Crippen molar-refractivity contribution in [3.05, 3.63) is 0 Å². The molecule has 0 aromatic heterocycles. The number of aliphatic hydroxyl groups is 1. The minimum absolute atomic E-state index is 0.250. The molecule has 0 radical (unpaired) electrons. The molecule has 8 atom stereocenters. The Kier molecular flexibility index (Phi) is 14.3. The second kappa shape index (κ2) is 15.2. The molecule has 2 aliphatic rings. The van der Waals surface area contributed by atoms with Crippen LogP contribution < -0.4 is 0 Å². The maximum Gasteiger partial charge on any atom is 0.0602 e. The van der Waals surface area contributed by atoms with Gasteiger partial charge in [-0.15, -0.1) is 0 Å². The summed E-state index contributed by atoms with van der Waals surface area (Å²) in [6, 6.07) is 0. The Morgan fingerprint density at radius 1 is 1.00 bits per heavy atom. The molecule has 0 heterocycles. The summed E-state index contributed by atoms with van der Waals surface area (Å²) < 4.78 is 6.25. The molecular formula is C32H64O2. The van der Waals surface area contributed by atoms with E-state index in [0.717, 1.165) is 35.5 Å². The highest BCUT2D eigenvalue weighted by atomic mass is 16.5. The van der Waals surface area contributed by atoms with Crippen molar-refractivity contribution >= 4 is 0 Å². The van der Waals surface area contributed by atoms with Gasteiger partial charge < -0.3 is 9.84 Å². The number of ether oxygens (including phenoxy) is 1. The van der Waals surface area contributed by atoms with Gasteiger partial charge in [-0.25, -0.2) is 0 Å². The third-order valence-electron chi connectivity index (χ3n) is 10.5. The lowest BCUT2D eigenvalue weighted by molar-refractivity contribution is -0.112. The van der Waals surface area contributed by atoms with E-state index in [9.17, 15) is 0 Å². The smallest absolute Gasteiger partial charge is 0.0602 e. The molecule has 2 nitrogen and oxygen atoms in total. The number of methoxy groups -OCH3 is 1. The van der Waals surface area contributed by atoms with E-state index in [0.29, 0.717) is 16.9 Å². The van der Waals surface area contributed by atoms with E-state index in [2.05, 4.69) is 55.4 Å². The van der Waals surface area contributed by atoms with E-state index >= 15 is 0 Å². The van der Waals surface area contributed by atoms with E-state index in [1.807, 2.05) is 7.11 Å². The fourth-order valence-corrected chi connectivity index (χ4v) is 8.35. The third-order valence-corrected chi connectivity index (χ3v) is 10.5. The van der Waals surface area contributed by atoms with Gasteiger partial charge in [-0.3, -0.25) is 0 Å². The van der Waals surface area contributed by atoms with Crippen LogP contribution in [-0.2, 0) is 4.74 Å². The van der Waals surface area contributed by atoms with Crippen LogP contribution in [0.4, 0.5) is 0 Å². The average molecular weight is 481 g/mol. The Bertz CT molecular complexity index is 527. The van der Waals surface area contributed by atoms with Crippen LogP contribution in [0.2, 0.25) is 0 Å². The van der Waals surface area contributed by atoms with E-state index in [1.54, 1.807) is 6.92 Å². The third kappa shape index (κ3) is 7.71. The van der Waals surface area contributed by atoms with Gasteiger partial charge in [-0.1, -0.05) is 93.9 Å². The van der Waals surface area contributed by atoms with Crippen LogP contribution in [0.5, 0.6) is 0 Å². The summed E-state index contributed by atoms with van der Waals surface area (Å²) >= 11 is 0. The van der Waals surface area contributed by atoms with Crippen LogP contribution in [0.1, 0.15) is 139 Å². The van der Waals surface area contributed by atoms with Crippen molar-refractivity contribution in [1.82, 2.24) is 0 Å². The van der Waals surface area contributed by atoms with Crippen molar-refractivity contribution < 1.29 is 9.84 Å². The molecule has 2 fully saturated rings. The maximum absolute atomic E-state index is 7.57. The molecule has 0 spiro atoms. The van der Waals surface area contributed by atoms with Crippen molar-refractivity contribution in [2.75, 3.05) is 13.7 Å². The molecular weight excluding hydrogens is 416 g/mol. The van der Waals surface area contributed by atoms with Gasteiger partial charge >= 0.3 is 0 Å². The summed E-state index contributed by atoms with van der Waals surface area (Å²) in [7, 11) is 1.99. The van der Waals surface area contributed by atoms with Crippen molar-refractivity contribution in [2.45, 2.75) is 145 Å². The molecule has 8 unspecified atom stereocenters. The highest BCUT2D eigenvalue weighted by molar-refractivity contribution is 5.07. The van der Waals surface area contributed by atoms with Crippen molar-refractivity contribution in [2.24, 2.45) is 46.3 Å². The topological polar surface area (TPSA) is 29.5 Å². The molecule has 0 aliphatic heterocycles. The molecule has 34 heavy (non-hydrogen) atoms. The molecule has 2 heteroatoms. The Morgan fingerprint density at radius 2 is 1.65 bits per heavy atom. The summed E-state index contributed by atoms with van der Waals surface area (Å²) in [4.78, 5) is 0. The first kappa shape index (κ1) is 31.9. The van der Waals surface area contributed by atoms with Crippen molar-refractivity contribution in [3.63, 3.8) is 0 Å².